The van der Waals surface area contributed by atoms with Crippen molar-refractivity contribution in [3.8, 4) is 45.8 Å². The number of aromatic amines is 2. The number of H-pyrrole nitrogens is 2. The SMILES string of the molecule is CCOC(=O)c1ccc2nc(-c3ccc(Oc4ccccc4)cc3)[nH]c2c1.O=C(O)c1ccc2nc(-c3ccc(Oc4ccccc4)cc3)[nH]c2c1. The molecule has 6 aromatic carbocycles. The Morgan fingerprint density at radius 2 is 0.981 bits per heavy atom. The Labute approximate surface area is 298 Å². The lowest BCUT2D eigenvalue weighted by Gasteiger charge is -2.05. The number of hydrogen-bond acceptors (Lipinski definition) is 7. The van der Waals surface area contributed by atoms with Gasteiger partial charge in [-0.3, -0.25) is 0 Å². The predicted octanol–water partition coefficient (Wildman–Crippen LogP) is 9.92. The fraction of sp³-hybridized carbons (Fsp3) is 0.0476. The van der Waals surface area contributed by atoms with Crippen molar-refractivity contribution < 1.29 is 28.9 Å². The summed E-state index contributed by atoms with van der Waals surface area (Å²) in [5.41, 5.74) is 5.57. The number of ether oxygens (including phenoxy) is 3. The van der Waals surface area contributed by atoms with Gasteiger partial charge in [-0.25, -0.2) is 19.6 Å². The van der Waals surface area contributed by atoms with E-state index in [4.69, 9.17) is 19.3 Å². The first-order valence-electron chi connectivity index (χ1n) is 16.5. The highest BCUT2D eigenvalue weighted by Crippen LogP contribution is 2.28. The Morgan fingerprint density at radius 3 is 1.42 bits per heavy atom. The molecule has 0 amide bonds. The summed E-state index contributed by atoms with van der Waals surface area (Å²) in [5, 5.41) is 9.07. The molecule has 52 heavy (non-hydrogen) atoms. The summed E-state index contributed by atoms with van der Waals surface area (Å²) in [4.78, 5) is 38.5. The Morgan fingerprint density at radius 1 is 0.558 bits per heavy atom. The quantitative estimate of drug-likeness (QED) is 0.127. The van der Waals surface area contributed by atoms with E-state index in [1.165, 1.54) is 0 Å². The van der Waals surface area contributed by atoms with Crippen molar-refractivity contribution in [3.63, 3.8) is 0 Å². The zero-order chi connectivity index (χ0) is 35.9. The molecule has 256 valence electrons. The van der Waals surface area contributed by atoms with Crippen LogP contribution in [-0.2, 0) is 4.74 Å². The molecule has 0 saturated carbocycles. The zero-order valence-electron chi connectivity index (χ0n) is 27.9. The molecule has 0 saturated heterocycles. The highest BCUT2D eigenvalue weighted by molar-refractivity contribution is 5.94. The van der Waals surface area contributed by atoms with Crippen LogP contribution in [0.25, 0.3) is 44.8 Å². The molecule has 0 fully saturated rings. The molecular weight excluding hydrogens is 656 g/mol. The van der Waals surface area contributed by atoms with Gasteiger partial charge in [-0.1, -0.05) is 36.4 Å². The molecule has 10 nitrogen and oxygen atoms in total. The summed E-state index contributed by atoms with van der Waals surface area (Å²) in [6.07, 6.45) is 0. The molecule has 10 heteroatoms. The molecule has 0 bridgehead atoms. The number of esters is 1. The van der Waals surface area contributed by atoms with E-state index < -0.39 is 5.97 Å². The number of para-hydroxylation sites is 2. The highest BCUT2D eigenvalue weighted by Gasteiger charge is 2.12. The van der Waals surface area contributed by atoms with Crippen molar-refractivity contribution in [2.24, 2.45) is 0 Å². The number of fused-ring (bicyclic) bond motifs is 2. The summed E-state index contributed by atoms with van der Waals surface area (Å²) in [6.45, 7) is 2.14. The van der Waals surface area contributed by atoms with Crippen molar-refractivity contribution in [3.05, 3.63) is 157 Å². The van der Waals surface area contributed by atoms with E-state index in [2.05, 4.69) is 19.9 Å². The van der Waals surface area contributed by atoms with Gasteiger partial charge < -0.3 is 29.3 Å². The highest BCUT2D eigenvalue weighted by atomic mass is 16.5. The van der Waals surface area contributed by atoms with Crippen LogP contribution < -0.4 is 9.47 Å². The Hall–Kier alpha value is -7.20. The average molecular weight is 689 g/mol. The number of rotatable bonds is 9. The molecule has 0 aliphatic heterocycles. The molecule has 8 aromatic rings. The summed E-state index contributed by atoms with van der Waals surface area (Å²) in [5.74, 6) is 3.19. The van der Waals surface area contributed by atoms with Gasteiger partial charge in [0.15, 0.2) is 0 Å². The summed E-state index contributed by atoms with van der Waals surface area (Å²) in [6, 6.07) is 44.6. The number of nitrogens with zero attached hydrogens (tertiary/aromatic N) is 2. The van der Waals surface area contributed by atoms with Gasteiger partial charge in [0.05, 0.1) is 39.8 Å². The minimum Gasteiger partial charge on any atom is -0.478 e. The summed E-state index contributed by atoms with van der Waals surface area (Å²) < 4.78 is 16.6. The second kappa shape index (κ2) is 15.1. The zero-order valence-corrected chi connectivity index (χ0v) is 27.9. The van der Waals surface area contributed by atoms with E-state index in [1.54, 1.807) is 37.3 Å². The number of nitrogens with one attached hydrogen (secondary N) is 2. The van der Waals surface area contributed by atoms with Gasteiger partial charge in [0.2, 0.25) is 0 Å². The molecule has 0 spiro atoms. The van der Waals surface area contributed by atoms with Gasteiger partial charge in [-0.2, -0.15) is 0 Å². The number of imidazole rings is 2. The molecule has 3 N–H and O–H groups in total. The van der Waals surface area contributed by atoms with Crippen molar-refractivity contribution in [2.75, 3.05) is 6.61 Å². The molecule has 0 unspecified atom stereocenters. The number of carboxylic acids is 1. The standard InChI is InChI=1S/C22H18N2O3.C20H14N2O3/c1-2-26-22(25)16-10-13-19-20(14-16)24-21(23-19)15-8-11-18(12-9-15)27-17-6-4-3-5-7-17;23-20(24)14-8-11-17-18(12-14)22-19(21-17)13-6-9-16(10-7-13)25-15-4-2-1-3-5-15/h3-14H,2H2,1H3,(H,23,24);1-12H,(H,21,22)(H,23,24). The topological polar surface area (TPSA) is 139 Å². The smallest absolute Gasteiger partial charge is 0.338 e. The third-order valence-electron chi connectivity index (χ3n) is 7.94. The maximum Gasteiger partial charge on any atom is 0.338 e. The van der Waals surface area contributed by atoms with Crippen molar-refractivity contribution in [1.82, 2.24) is 19.9 Å². The van der Waals surface area contributed by atoms with Crippen LogP contribution in [-0.4, -0.2) is 43.6 Å². The van der Waals surface area contributed by atoms with Gasteiger partial charge in [0.1, 0.15) is 34.6 Å². The molecule has 0 aliphatic rings. The Kier molecular flexibility index (Phi) is 9.70. The lowest BCUT2D eigenvalue weighted by atomic mass is 10.2. The average Bonchev–Trinajstić information content (AvgIpc) is 3.81. The van der Waals surface area contributed by atoms with E-state index >= 15 is 0 Å². The number of carbonyl (C=O) groups is 2. The fourth-order valence-corrected chi connectivity index (χ4v) is 5.38. The third kappa shape index (κ3) is 7.82. The first-order valence-corrected chi connectivity index (χ1v) is 16.5. The normalized spacial score (nSPS) is 10.7. The first kappa shape index (κ1) is 33.3. The van der Waals surface area contributed by atoms with Gasteiger partial charge >= 0.3 is 11.9 Å². The third-order valence-corrected chi connectivity index (χ3v) is 7.94. The van der Waals surface area contributed by atoms with Gasteiger partial charge in [0.25, 0.3) is 0 Å². The largest absolute Gasteiger partial charge is 0.478 e. The van der Waals surface area contributed by atoms with E-state index in [-0.39, 0.29) is 11.5 Å². The van der Waals surface area contributed by atoms with Crippen molar-refractivity contribution >= 4 is 34.0 Å². The van der Waals surface area contributed by atoms with E-state index in [0.717, 1.165) is 56.5 Å². The summed E-state index contributed by atoms with van der Waals surface area (Å²) in [7, 11) is 0. The van der Waals surface area contributed by atoms with Crippen LogP contribution in [0.3, 0.4) is 0 Å². The number of aromatic nitrogens is 4. The fourth-order valence-electron chi connectivity index (χ4n) is 5.38. The van der Waals surface area contributed by atoms with E-state index in [0.29, 0.717) is 23.5 Å². The van der Waals surface area contributed by atoms with Gasteiger partial charge in [0, 0.05) is 11.1 Å². The van der Waals surface area contributed by atoms with Gasteiger partial charge in [-0.15, -0.1) is 0 Å². The number of hydrogen-bond donors (Lipinski definition) is 3. The van der Waals surface area contributed by atoms with E-state index in [1.807, 2.05) is 115 Å². The minimum atomic E-state index is -0.958. The van der Waals surface area contributed by atoms with Crippen LogP contribution in [0.4, 0.5) is 0 Å². The molecule has 0 aliphatic carbocycles. The van der Waals surface area contributed by atoms with Gasteiger partial charge in [-0.05, 0) is 116 Å². The Balaban J connectivity index is 0.000000162. The maximum absolute atomic E-state index is 11.9. The maximum atomic E-state index is 11.9. The number of benzene rings is 6. The Bertz CT molecular complexity index is 2460. The number of aromatic carboxylic acids is 1. The van der Waals surface area contributed by atoms with Crippen molar-refractivity contribution in [1.29, 1.82) is 0 Å². The number of carboxylic acid groups (broad SMARTS) is 1. The first-order chi connectivity index (χ1) is 25.4. The van der Waals surface area contributed by atoms with Crippen LogP contribution in [0, 0.1) is 0 Å². The second-order valence-electron chi connectivity index (χ2n) is 11.5. The van der Waals surface area contributed by atoms with Crippen molar-refractivity contribution in [2.45, 2.75) is 6.92 Å². The summed E-state index contributed by atoms with van der Waals surface area (Å²) >= 11 is 0. The van der Waals surface area contributed by atoms with Crippen LogP contribution >= 0.6 is 0 Å². The molecular formula is C42H32N4O6. The van der Waals surface area contributed by atoms with Crippen LogP contribution in [0.1, 0.15) is 27.6 Å². The molecule has 0 atom stereocenters. The molecule has 2 aromatic heterocycles. The molecule has 2 heterocycles. The van der Waals surface area contributed by atoms with Crippen LogP contribution in [0.15, 0.2) is 146 Å². The molecule has 0 radical (unpaired) electrons. The predicted molar refractivity (Wildman–Crippen MR) is 199 cm³/mol. The molecule has 8 rings (SSSR count). The lowest BCUT2D eigenvalue weighted by molar-refractivity contribution is 0.0526. The lowest BCUT2D eigenvalue weighted by Crippen LogP contribution is -2.04. The van der Waals surface area contributed by atoms with Crippen LogP contribution in [0.5, 0.6) is 23.0 Å². The monoisotopic (exact) mass is 688 g/mol. The second-order valence-corrected chi connectivity index (χ2v) is 11.5. The van der Waals surface area contributed by atoms with E-state index in [9.17, 15) is 9.59 Å². The van der Waals surface area contributed by atoms with Crippen LogP contribution in [0.2, 0.25) is 0 Å². The minimum absolute atomic E-state index is 0.231. The number of carbonyl (C=O) groups excluding carboxylic acids is 1.